The second-order valence-corrected chi connectivity index (χ2v) is 5.69. The molecule has 3 aromatic rings. The summed E-state index contributed by atoms with van der Waals surface area (Å²) >= 11 is 0. The quantitative estimate of drug-likeness (QED) is 0.599. The van der Waals surface area contributed by atoms with Crippen molar-refractivity contribution in [3.05, 3.63) is 78.3 Å². The van der Waals surface area contributed by atoms with Crippen molar-refractivity contribution >= 4 is 17.6 Å². The van der Waals surface area contributed by atoms with Gasteiger partial charge in [-0.25, -0.2) is 4.79 Å². The lowest BCUT2D eigenvalue weighted by Gasteiger charge is -2.09. The zero-order chi connectivity index (χ0) is 19.8. The lowest BCUT2D eigenvalue weighted by atomic mass is 10.3. The van der Waals surface area contributed by atoms with E-state index in [2.05, 4.69) is 5.32 Å². The van der Waals surface area contributed by atoms with E-state index < -0.39 is 18.5 Å². The molecule has 3 rings (SSSR count). The topological polar surface area (TPSA) is 87.0 Å². The van der Waals surface area contributed by atoms with Gasteiger partial charge in [0.2, 0.25) is 5.76 Å². The number of amides is 1. The SMILES string of the molecule is COc1ccccc1NC(=O)COC(=O)c1ccc(COc2ccccc2)o1. The Morgan fingerprint density at radius 2 is 1.71 bits per heavy atom. The Labute approximate surface area is 161 Å². The molecule has 0 aliphatic heterocycles. The molecule has 0 unspecified atom stereocenters. The standard InChI is InChI=1S/C21H19NO6/c1-25-18-10-6-5-9-17(18)22-20(23)14-27-21(24)19-12-11-16(28-19)13-26-15-7-3-2-4-8-15/h2-12H,13-14H2,1H3,(H,22,23). The molecule has 0 saturated carbocycles. The molecular formula is C21H19NO6. The van der Waals surface area contributed by atoms with Crippen molar-refractivity contribution in [3.8, 4) is 11.5 Å². The Morgan fingerprint density at radius 1 is 0.964 bits per heavy atom. The van der Waals surface area contributed by atoms with Gasteiger partial charge in [-0.1, -0.05) is 30.3 Å². The smallest absolute Gasteiger partial charge is 0.374 e. The number of benzene rings is 2. The summed E-state index contributed by atoms with van der Waals surface area (Å²) in [6.45, 7) is -0.279. The normalized spacial score (nSPS) is 10.2. The highest BCUT2D eigenvalue weighted by atomic mass is 16.6. The molecule has 1 amide bonds. The van der Waals surface area contributed by atoms with Crippen LogP contribution < -0.4 is 14.8 Å². The Morgan fingerprint density at radius 3 is 2.50 bits per heavy atom. The van der Waals surface area contributed by atoms with Crippen molar-refractivity contribution in [2.24, 2.45) is 0 Å². The maximum Gasteiger partial charge on any atom is 0.374 e. The van der Waals surface area contributed by atoms with Crippen LogP contribution in [0.1, 0.15) is 16.3 Å². The second kappa shape index (κ2) is 9.27. The molecule has 28 heavy (non-hydrogen) atoms. The Hall–Kier alpha value is -3.74. The van der Waals surface area contributed by atoms with Crippen LogP contribution in [0.5, 0.6) is 11.5 Å². The third kappa shape index (κ3) is 5.14. The molecule has 0 spiro atoms. The van der Waals surface area contributed by atoms with E-state index in [1.807, 2.05) is 30.3 Å². The van der Waals surface area contributed by atoms with Gasteiger partial charge in [-0.2, -0.15) is 0 Å². The van der Waals surface area contributed by atoms with Gasteiger partial charge in [0.25, 0.3) is 5.91 Å². The van der Waals surface area contributed by atoms with E-state index in [1.54, 1.807) is 30.3 Å². The van der Waals surface area contributed by atoms with Crippen LogP contribution >= 0.6 is 0 Å². The highest BCUT2D eigenvalue weighted by Crippen LogP contribution is 2.22. The fourth-order valence-corrected chi connectivity index (χ4v) is 2.37. The molecule has 0 radical (unpaired) electrons. The number of nitrogens with one attached hydrogen (secondary N) is 1. The molecule has 1 heterocycles. The van der Waals surface area contributed by atoms with Gasteiger partial charge >= 0.3 is 5.97 Å². The fourth-order valence-electron chi connectivity index (χ4n) is 2.37. The number of carbonyl (C=O) groups is 2. The predicted molar refractivity (Wildman–Crippen MR) is 101 cm³/mol. The lowest BCUT2D eigenvalue weighted by Crippen LogP contribution is -2.21. The summed E-state index contributed by atoms with van der Waals surface area (Å²) in [5.74, 6) is 0.441. The zero-order valence-electron chi connectivity index (χ0n) is 15.2. The summed E-state index contributed by atoms with van der Waals surface area (Å²) < 4.78 is 21.1. The minimum absolute atomic E-state index is 0.00301. The first-order chi connectivity index (χ1) is 13.7. The zero-order valence-corrected chi connectivity index (χ0v) is 15.2. The number of carbonyl (C=O) groups excluding carboxylic acids is 2. The summed E-state index contributed by atoms with van der Waals surface area (Å²) in [5, 5.41) is 2.62. The summed E-state index contributed by atoms with van der Waals surface area (Å²) in [5.41, 5.74) is 0.490. The highest BCUT2D eigenvalue weighted by Gasteiger charge is 2.15. The minimum Gasteiger partial charge on any atom is -0.495 e. The first kappa shape index (κ1) is 19.0. The number of ether oxygens (including phenoxy) is 3. The van der Waals surface area contributed by atoms with Crippen LogP contribution in [0.4, 0.5) is 5.69 Å². The van der Waals surface area contributed by atoms with Crippen molar-refractivity contribution in [1.82, 2.24) is 0 Å². The number of para-hydroxylation sites is 3. The molecular weight excluding hydrogens is 362 g/mol. The maximum atomic E-state index is 12.1. The van der Waals surface area contributed by atoms with Crippen molar-refractivity contribution < 1.29 is 28.2 Å². The molecule has 0 saturated heterocycles. The number of hydrogen-bond donors (Lipinski definition) is 1. The van der Waals surface area contributed by atoms with Crippen LogP contribution in [0.2, 0.25) is 0 Å². The molecule has 2 aromatic carbocycles. The van der Waals surface area contributed by atoms with E-state index in [-0.39, 0.29) is 12.4 Å². The van der Waals surface area contributed by atoms with Gasteiger partial charge in [0.05, 0.1) is 12.8 Å². The van der Waals surface area contributed by atoms with Crippen molar-refractivity contribution in [2.45, 2.75) is 6.61 Å². The molecule has 7 nitrogen and oxygen atoms in total. The van der Waals surface area contributed by atoms with Crippen LogP contribution in [0.15, 0.2) is 71.1 Å². The highest BCUT2D eigenvalue weighted by molar-refractivity contribution is 5.95. The monoisotopic (exact) mass is 381 g/mol. The third-order valence-electron chi connectivity index (χ3n) is 3.70. The molecule has 0 atom stereocenters. The van der Waals surface area contributed by atoms with Gasteiger partial charge in [0.15, 0.2) is 6.61 Å². The van der Waals surface area contributed by atoms with Crippen molar-refractivity contribution in [1.29, 1.82) is 0 Å². The summed E-state index contributed by atoms with van der Waals surface area (Å²) in [6, 6.07) is 19.3. The van der Waals surface area contributed by atoms with Crippen LogP contribution in [0.3, 0.4) is 0 Å². The van der Waals surface area contributed by atoms with E-state index >= 15 is 0 Å². The average Bonchev–Trinajstić information content (AvgIpc) is 3.21. The van der Waals surface area contributed by atoms with Gasteiger partial charge in [-0.05, 0) is 36.4 Å². The minimum atomic E-state index is -0.735. The largest absolute Gasteiger partial charge is 0.495 e. The average molecular weight is 381 g/mol. The van der Waals surface area contributed by atoms with Gasteiger partial charge in [-0.15, -0.1) is 0 Å². The molecule has 144 valence electrons. The molecule has 7 heteroatoms. The van der Waals surface area contributed by atoms with Crippen molar-refractivity contribution in [3.63, 3.8) is 0 Å². The molecule has 1 aromatic heterocycles. The summed E-state index contributed by atoms with van der Waals surface area (Å²) in [4.78, 5) is 24.0. The van der Waals surface area contributed by atoms with Gasteiger partial charge in [0.1, 0.15) is 23.9 Å². The van der Waals surface area contributed by atoms with Gasteiger partial charge < -0.3 is 23.9 Å². The number of anilines is 1. The van der Waals surface area contributed by atoms with E-state index in [9.17, 15) is 9.59 Å². The first-order valence-corrected chi connectivity index (χ1v) is 8.52. The van der Waals surface area contributed by atoms with Crippen LogP contribution in [-0.4, -0.2) is 25.6 Å². The first-order valence-electron chi connectivity index (χ1n) is 8.52. The third-order valence-corrected chi connectivity index (χ3v) is 3.70. The lowest BCUT2D eigenvalue weighted by molar-refractivity contribution is -0.119. The maximum absolute atomic E-state index is 12.1. The summed E-state index contributed by atoms with van der Waals surface area (Å²) in [6.07, 6.45) is 0. The van der Waals surface area contributed by atoms with Gasteiger partial charge in [0, 0.05) is 0 Å². The number of hydrogen-bond acceptors (Lipinski definition) is 6. The number of esters is 1. The van der Waals surface area contributed by atoms with E-state index in [1.165, 1.54) is 13.2 Å². The van der Waals surface area contributed by atoms with Crippen molar-refractivity contribution in [2.75, 3.05) is 19.0 Å². The number of methoxy groups -OCH3 is 1. The Bertz CT molecular complexity index is 935. The Balaban J connectivity index is 1.48. The molecule has 0 aliphatic rings. The van der Waals surface area contributed by atoms with Crippen LogP contribution in [0.25, 0.3) is 0 Å². The molecule has 1 N–H and O–H groups in total. The predicted octanol–water partition coefficient (Wildman–Crippen LogP) is 3.66. The van der Waals surface area contributed by atoms with Gasteiger partial charge in [-0.3, -0.25) is 4.79 Å². The van der Waals surface area contributed by atoms with E-state index in [0.717, 1.165) is 0 Å². The van der Waals surface area contributed by atoms with E-state index in [0.29, 0.717) is 22.9 Å². The number of rotatable bonds is 8. The van der Waals surface area contributed by atoms with E-state index in [4.69, 9.17) is 18.6 Å². The Kier molecular flexibility index (Phi) is 6.30. The fraction of sp³-hybridized carbons (Fsp3) is 0.143. The number of furan rings is 1. The molecule has 0 aliphatic carbocycles. The van der Waals surface area contributed by atoms with Crippen LogP contribution in [0, 0.1) is 0 Å². The second-order valence-electron chi connectivity index (χ2n) is 5.69. The summed E-state index contributed by atoms with van der Waals surface area (Å²) in [7, 11) is 1.50. The molecule has 0 fully saturated rings. The van der Waals surface area contributed by atoms with Crippen LogP contribution in [-0.2, 0) is 16.1 Å². The molecule has 0 bridgehead atoms.